The molecule has 0 atom stereocenters. The molecule has 0 N–H and O–H groups in total. The quantitative estimate of drug-likeness (QED) is 0.584. The summed E-state index contributed by atoms with van der Waals surface area (Å²) in [4.78, 5) is 0. The van der Waals surface area contributed by atoms with E-state index in [0.717, 1.165) is 22.2 Å². The average Bonchev–Trinajstić information content (AvgIpc) is 2.58. The first-order chi connectivity index (χ1) is 10.3. The molecule has 0 saturated carbocycles. The highest BCUT2D eigenvalue weighted by molar-refractivity contribution is 6.36. The molecule has 0 spiro atoms. The summed E-state index contributed by atoms with van der Waals surface area (Å²) in [5.41, 5.74) is 5.39. The van der Waals surface area contributed by atoms with Gasteiger partial charge < -0.3 is 0 Å². The van der Waals surface area contributed by atoms with Crippen LogP contribution in [-0.2, 0) is 0 Å². The van der Waals surface area contributed by atoms with Crippen LogP contribution in [0.15, 0.2) is 78.9 Å². The van der Waals surface area contributed by atoms with Crippen molar-refractivity contribution in [3.8, 4) is 22.3 Å². The van der Waals surface area contributed by atoms with Gasteiger partial charge >= 0.3 is 0 Å². The molecule has 21 heavy (non-hydrogen) atoms. The molecule has 0 nitrogen and oxygen atoms in total. The van der Waals surface area contributed by atoms with Gasteiger partial charge in [0.2, 0.25) is 0 Å². The molecule has 102 valence electrons. The van der Waals surface area contributed by atoms with Crippen LogP contribution in [0.1, 0.15) is 13.8 Å². The molecule has 3 aromatic carbocycles. The Labute approximate surface area is 128 Å². The summed E-state index contributed by atoms with van der Waals surface area (Å²) in [5.74, 6) is 0. The minimum absolute atomic E-state index is 0.813. The maximum absolute atomic E-state index is 6.19. The van der Waals surface area contributed by atoms with E-state index in [0.29, 0.717) is 0 Å². The number of benzene rings is 3. The molecule has 0 amide bonds. The first-order valence-corrected chi connectivity index (χ1v) is 7.35. The third-order valence-electron chi connectivity index (χ3n) is 3.24. The van der Waals surface area contributed by atoms with Gasteiger partial charge in [-0.3, -0.25) is 0 Å². The van der Waals surface area contributed by atoms with E-state index in [1.807, 2.05) is 56.3 Å². The molecule has 3 rings (SSSR count). The lowest BCUT2D eigenvalue weighted by Gasteiger charge is -2.09. The van der Waals surface area contributed by atoms with Crippen molar-refractivity contribution in [2.24, 2.45) is 0 Å². The molecule has 0 aliphatic carbocycles. The minimum Gasteiger partial charge on any atom is -0.0884 e. The molecule has 3 aromatic rings. The second-order valence-electron chi connectivity index (χ2n) is 4.53. The third-order valence-corrected chi connectivity index (χ3v) is 3.24. The highest BCUT2D eigenvalue weighted by Crippen LogP contribution is 2.22. The van der Waals surface area contributed by atoms with Crippen LogP contribution in [0.5, 0.6) is 0 Å². The van der Waals surface area contributed by atoms with Gasteiger partial charge in [-0.25, -0.2) is 0 Å². The van der Waals surface area contributed by atoms with Crippen LogP contribution in [0, 0.1) is 0 Å². The third kappa shape index (κ3) is 3.63. The Morgan fingerprint density at radius 1 is 0.571 bits per heavy atom. The van der Waals surface area contributed by atoms with Crippen molar-refractivity contribution >= 4 is 13.3 Å². The Balaban J connectivity index is 0.000000774. The number of hydrogen-bond acceptors (Lipinski definition) is 0. The summed E-state index contributed by atoms with van der Waals surface area (Å²) in [6.45, 7) is 4.00. The van der Waals surface area contributed by atoms with Crippen LogP contribution in [0.2, 0.25) is 0 Å². The van der Waals surface area contributed by atoms with Gasteiger partial charge in [0, 0.05) is 0 Å². The Morgan fingerprint density at radius 3 is 1.62 bits per heavy atom. The Bertz CT molecular complexity index is 673. The lowest BCUT2D eigenvalue weighted by molar-refractivity contribution is 1.50. The van der Waals surface area contributed by atoms with Gasteiger partial charge in [0.1, 0.15) is 7.85 Å². The molecule has 2 radical (unpaired) electrons. The summed E-state index contributed by atoms with van der Waals surface area (Å²) in [6.07, 6.45) is 0. The molecule has 0 bridgehead atoms. The standard InChI is InChI=1S/C18H13B.C2H6/c19-18-13-16(14-7-3-1-4-8-14)11-12-17(18)15-9-5-2-6-10-15;1-2/h1-13H;1-2H3. The first-order valence-electron chi connectivity index (χ1n) is 7.35. The van der Waals surface area contributed by atoms with Crippen LogP contribution in [0.3, 0.4) is 0 Å². The number of rotatable bonds is 2. The van der Waals surface area contributed by atoms with Crippen LogP contribution >= 0.6 is 0 Å². The minimum atomic E-state index is 0.813. The molecule has 0 aromatic heterocycles. The summed E-state index contributed by atoms with van der Waals surface area (Å²) < 4.78 is 0. The Morgan fingerprint density at radius 2 is 1.10 bits per heavy atom. The largest absolute Gasteiger partial charge is 0.114 e. The van der Waals surface area contributed by atoms with Crippen molar-refractivity contribution in [2.75, 3.05) is 0 Å². The van der Waals surface area contributed by atoms with Crippen LogP contribution in [-0.4, -0.2) is 7.85 Å². The lowest BCUT2D eigenvalue weighted by Crippen LogP contribution is -2.06. The average molecular weight is 270 g/mol. The maximum atomic E-state index is 6.19. The lowest BCUT2D eigenvalue weighted by atomic mass is 9.85. The van der Waals surface area contributed by atoms with E-state index in [1.54, 1.807) is 0 Å². The van der Waals surface area contributed by atoms with Crippen LogP contribution in [0.25, 0.3) is 22.3 Å². The van der Waals surface area contributed by atoms with Crippen LogP contribution < -0.4 is 5.46 Å². The van der Waals surface area contributed by atoms with Gasteiger partial charge in [0.25, 0.3) is 0 Å². The zero-order chi connectivity index (χ0) is 15.1. The maximum Gasteiger partial charge on any atom is 0.114 e. The van der Waals surface area contributed by atoms with Gasteiger partial charge in [0.15, 0.2) is 0 Å². The molecule has 0 unspecified atom stereocenters. The summed E-state index contributed by atoms with van der Waals surface area (Å²) in [7, 11) is 6.19. The summed E-state index contributed by atoms with van der Waals surface area (Å²) in [5, 5.41) is 0. The number of hydrogen-bond donors (Lipinski definition) is 0. The second kappa shape index (κ2) is 7.49. The van der Waals surface area contributed by atoms with Gasteiger partial charge in [-0.2, -0.15) is 0 Å². The van der Waals surface area contributed by atoms with E-state index < -0.39 is 0 Å². The normalized spacial score (nSPS) is 9.62. The Kier molecular flexibility index (Phi) is 5.39. The van der Waals surface area contributed by atoms with Gasteiger partial charge in [-0.05, 0) is 22.3 Å². The van der Waals surface area contributed by atoms with E-state index in [4.69, 9.17) is 7.85 Å². The van der Waals surface area contributed by atoms with E-state index in [-0.39, 0.29) is 0 Å². The SMILES string of the molecule is CC.[B]c1cc(-c2ccccc2)ccc1-c1ccccc1. The molecular weight excluding hydrogens is 251 g/mol. The summed E-state index contributed by atoms with van der Waals surface area (Å²) in [6, 6.07) is 26.8. The first kappa shape index (κ1) is 15.1. The smallest absolute Gasteiger partial charge is 0.0884 e. The fraction of sp³-hybridized carbons (Fsp3) is 0.100. The monoisotopic (exact) mass is 270 g/mol. The van der Waals surface area contributed by atoms with Gasteiger partial charge in [-0.1, -0.05) is 98.2 Å². The molecular formula is C20H19B. The van der Waals surface area contributed by atoms with Crippen molar-refractivity contribution in [1.82, 2.24) is 0 Å². The fourth-order valence-electron chi connectivity index (χ4n) is 2.25. The molecule has 0 aliphatic heterocycles. The second-order valence-corrected chi connectivity index (χ2v) is 4.53. The topological polar surface area (TPSA) is 0 Å². The molecule has 0 aliphatic rings. The van der Waals surface area contributed by atoms with Gasteiger partial charge in [-0.15, -0.1) is 0 Å². The zero-order valence-electron chi connectivity index (χ0n) is 12.6. The predicted octanol–water partition coefficient (Wildman–Crippen LogP) is 4.84. The van der Waals surface area contributed by atoms with Crippen molar-refractivity contribution < 1.29 is 0 Å². The van der Waals surface area contributed by atoms with E-state index >= 15 is 0 Å². The highest BCUT2D eigenvalue weighted by Gasteiger charge is 2.03. The predicted molar refractivity (Wildman–Crippen MR) is 94.1 cm³/mol. The van der Waals surface area contributed by atoms with Crippen molar-refractivity contribution in [2.45, 2.75) is 13.8 Å². The fourth-order valence-corrected chi connectivity index (χ4v) is 2.25. The van der Waals surface area contributed by atoms with E-state index in [2.05, 4.69) is 36.4 Å². The summed E-state index contributed by atoms with van der Waals surface area (Å²) >= 11 is 0. The highest BCUT2D eigenvalue weighted by atomic mass is 14.1. The van der Waals surface area contributed by atoms with Crippen LogP contribution in [0.4, 0.5) is 0 Å². The molecule has 0 heterocycles. The zero-order valence-corrected chi connectivity index (χ0v) is 12.6. The molecule has 0 fully saturated rings. The van der Waals surface area contributed by atoms with Crippen molar-refractivity contribution in [3.05, 3.63) is 78.9 Å². The van der Waals surface area contributed by atoms with Crippen molar-refractivity contribution in [3.63, 3.8) is 0 Å². The molecule has 1 heteroatoms. The van der Waals surface area contributed by atoms with Gasteiger partial charge in [0.05, 0.1) is 0 Å². The van der Waals surface area contributed by atoms with E-state index in [1.165, 1.54) is 5.56 Å². The Hall–Kier alpha value is -2.28. The van der Waals surface area contributed by atoms with Crippen molar-refractivity contribution in [1.29, 1.82) is 0 Å². The van der Waals surface area contributed by atoms with E-state index in [9.17, 15) is 0 Å². The molecule has 0 saturated heterocycles.